The number of aryl methyl sites for hydroxylation is 2. The van der Waals surface area contributed by atoms with Crippen LogP contribution in [0.5, 0.6) is 0 Å². The predicted octanol–water partition coefficient (Wildman–Crippen LogP) is 2.19. The lowest BCUT2D eigenvalue weighted by Crippen LogP contribution is -2.13. The summed E-state index contributed by atoms with van der Waals surface area (Å²) < 4.78 is 26.9. The molecule has 21 heavy (non-hydrogen) atoms. The molecular formula is C13H14N2O4S2. The fourth-order valence-corrected chi connectivity index (χ4v) is 4.17. The average Bonchev–Trinajstić information content (AvgIpc) is 2.74. The molecule has 0 aliphatic rings. The van der Waals surface area contributed by atoms with Crippen LogP contribution in [-0.4, -0.2) is 24.5 Å². The second-order valence-electron chi connectivity index (χ2n) is 4.57. The van der Waals surface area contributed by atoms with Crippen LogP contribution in [0.25, 0.3) is 0 Å². The van der Waals surface area contributed by atoms with Crippen molar-refractivity contribution in [1.29, 1.82) is 0 Å². The van der Waals surface area contributed by atoms with Gasteiger partial charge in [0.05, 0.1) is 6.42 Å². The number of nitrogens with one attached hydrogen (secondary N) is 1. The number of anilines is 1. The van der Waals surface area contributed by atoms with E-state index in [1.165, 1.54) is 12.1 Å². The van der Waals surface area contributed by atoms with E-state index in [-0.39, 0.29) is 16.4 Å². The monoisotopic (exact) mass is 326 g/mol. The molecular weight excluding hydrogens is 312 g/mol. The van der Waals surface area contributed by atoms with Crippen LogP contribution >= 0.6 is 11.3 Å². The van der Waals surface area contributed by atoms with E-state index < -0.39 is 16.0 Å². The summed E-state index contributed by atoms with van der Waals surface area (Å²) in [5, 5.41) is 8.71. The maximum absolute atomic E-state index is 12.2. The number of hydrogen-bond donors (Lipinski definition) is 2. The number of nitrogens with zero attached hydrogens (tertiary/aromatic N) is 1. The molecule has 0 unspecified atom stereocenters. The Hall–Kier alpha value is -1.93. The Morgan fingerprint density at radius 3 is 2.67 bits per heavy atom. The highest BCUT2D eigenvalue weighted by Gasteiger charge is 2.18. The number of carboxylic acids is 1. The zero-order chi connectivity index (χ0) is 15.6. The topological polar surface area (TPSA) is 96.4 Å². The first-order valence-electron chi connectivity index (χ1n) is 6.05. The van der Waals surface area contributed by atoms with Crippen LogP contribution in [0.4, 0.5) is 5.82 Å². The molecule has 0 atom stereocenters. The number of thiophene rings is 1. The van der Waals surface area contributed by atoms with Crippen molar-refractivity contribution >= 4 is 33.1 Å². The number of aliphatic carboxylic acids is 1. The first-order valence-corrected chi connectivity index (χ1v) is 8.35. The van der Waals surface area contributed by atoms with E-state index in [2.05, 4.69) is 9.71 Å². The standard InChI is InChI=1S/C13H14N2O4S2/c1-8-5-9(2)14-11(6-8)15-21(18,19)13-4-3-10(20-13)7-12(16)17/h3-6H,7H2,1-2H3,(H,14,15)(H,16,17). The van der Waals surface area contributed by atoms with E-state index in [1.54, 1.807) is 13.0 Å². The van der Waals surface area contributed by atoms with Crippen molar-refractivity contribution in [3.05, 3.63) is 40.4 Å². The number of pyridine rings is 1. The van der Waals surface area contributed by atoms with Crippen LogP contribution in [0.3, 0.4) is 0 Å². The van der Waals surface area contributed by atoms with Crippen LogP contribution in [-0.2, 0) is 21.2 Å². The molecule has 0 radical (unpaired) electrons. The SMILES string of the molecule is Cc1cc(C)nc(NS(=O)(=O)c2ccc(CC(=O)O)s2)c1. The van der Waals surface area contributed by atoms with Gasteiger partial charge in [0.25, 0.3) is 10.0 Å². The Bertz CT molecular complexity index is 761. The molecule has 0 bridgehead atoms. The average molecular weight is 326 g/mol. The second kappa shape index (κ2) is 5.82. The number of carbonyl (C=O) groups is 1. The molecule has 8 heteroatoms. The number of aromatic nitrogens is 1. The lowest BCUT2D eigenvalue weighted by atomic mass is 10.2. The highest BCUT2D eigenvalue weighted by atomic mass is 32.2. The van der Waals surface area contributed by atoms with E-state index in [4.69, 9.17) is 5.11 Å². The van der Waals surface area contributed by atoms with Crippen LogP contribution in [0.1, 0.15) is 16.1 Å². The second-order valence-corrected chi connectivity index (χ2v) is 7.65. The van der Waals surface area contributed by atoms with Crippen LogP contribution in [0.15, 0.2) is 28.5 Å². The number of hydrogen-bond acceptors (Lipinski definition) is 5. The van der Waals surface area contributed by atoms with Crippen LogP contribution in [0.2, 0.25) is 0 Å². The van der Waals surface area contributed by atoms with Crippen molar-refractivity contribution in [2.45, 2.75) is 24.5 Å². The fraction of sp³-hybridized carbons (Fsp3) is 0.231. The normalized spacial score (nSPS) is 11.3. The maximum Gasteiger partial charge on any atom is 0.308 e. The van der Waals surface area contributed by atoms with Gasteiger partial charge in [0.15, 0.2) is 0 Å². The minimum Gasteiger partial charge on any atom is -0.481 e. The third kappa shape index (κ3) is 4.02. The zero-order valence-corrected chi connectivity index (χ0v) is 13.1. The van der Waals surface area contributed by atoms with Crippen molar-refractivity contribution in [3.63, 3.8) is 0 Å². The minimum atomic E-state index is -3.75. The number of rotatable bonds is 5. The van der Waals surface area contributed by atoms with Crippen LogP contribution < -0.4 is 4.72 Å². The Balaban J connectivity index is 2.25. The Kier molecular flexibility index (Phi) is 4.29. The molecule has 0 fully saturated rings. The predicted molar refractivity (Wildman–Crippen MR) is 80.2 cm³/mol. The fourth-order valence-electron chi connectivity index (χ4n) is 1.83. The zero-order valence-electron chi connectivity index (χ0n) is 11.5. The number of carboxylic acid groups (broad SMARTS) is 1. The highest BCUT2D eigenvalue weighted by molar-refractivity contribution is 7.94. The summed E-state index contributed by atoms with van der Waals surface area (Å²) in [6, 6.07) is 6.38. The van der Waals surface area contributed by atoms with Crippen molar-refractivity contribution in [2.24, 2.45) is 0 Å². The van der Waals surface area contributed by atoms with Gasteiger partial charge in [0.2, 0.25) is 0 Å². The van der Waals surface area contributed by atoms with Gasteiger partial charge in [-0.3, -0.25) is 9.52 Å². The van der Waals surface area contributed by atoms with Gasteiger partial charge in [0.1, 0.15) is 10.0 Å². The molecule has 0 saturated heterocycles. The van der Waals surface area contributed by atoms with Gasteiger partial charge in [-0.05, 0) is 43.7 Å². The molecule has 0 saturated carbocycles. The summed E-state index contributed by atoms with van der Waals surface area (Å²) in [6.07, 6.45) is -0.192. The van der Waals surface area contributed by atoms with Gasteiger partial charge >= 0.3 is 5.97 Å². The molecule has 2 aromatic rings. The van der Waals surface area contributed by atoms with Crippen molar-refractivity contribution in [1.82, 2.24) is 4.98 Å². The highest BCUT2D eigenvalue weighted by Crippen LogP contribution is 2.24. The molecule has 2 N–H and O–H groups in total. The van der Waals surface area contributed by atoms with Crippen molar-refractivity contribution in [3.8, 4) is 0 Å². The molecule has 0 amide bonds. The summed E-state index contributed by atoms with van der Waals surface area (Å²) >= 11 is 0.937. The minimum absolute atomic E-state index is 0.0692. The third-order valence-electron chi connectivity index (χ3n) is 2.56. The lowest BCUT2D eigenvalue weighted by Gasteiger charge is -2.07. The molecule has 2 aromatic heterocycles. The smallest absolute Gasteiger partial charge is 0.308 e. The first-order chi connectivity index (χ1) is 9.76. The van der Waals surface area contributed by atoms with E-state index in [0.29, 0.717) is 10.6 Å². The van der Waals surface area contributed by atoms with Gasteiger partial charge < -0.3 is 5.11 Å². The van der Waals surface area contributed by atoms with E-state index in [0.717, 1.165) is 16.9 Å². The Morgan fingerprint density at radius 2 is 2.05 bits per heavy atom. The summed E-state index contributed by atoms with van der Waals surface area (Å²) in [5.74, 6) is -0.745. The molecule has 0 aliphatic heterocycles. The van der Waals surface area contributed by atoms with E-state index in [9.17, 15) is 13.2 Å². The third-order valence-corrected chi connectivity index (χ3v) is 5.50. The Morgan fingerprint density at radius 1 is 1.33 bits per heavy atom. The van der Waals surface area contributed by atoms with Gasteiger partial charge in [-0.25, -0.2) is 13.4 Å². The number of sulfonamides is 1. The molecule has 0 aliphatic carbocycles. The van der Waals surface area contributed by atoms with Gasteiger partial charge in [-0.1, -0.05) is 0 Å². The van der Waals surface area contributed by atoms with Gasteiger partial charge in [-0.15, -0.1) is 11.3 Å². The van der Waals surface area contributed by atoms with E-state index >= 15 is 0 Å². The summed E-state index contributed by atoms with van der Waals surface area (Å²) in [7, 11) is -3.75. The first kappa shape index (κ1) is 15.5. The van der Waals surface area contributed by atoms with Crippen molar-refractivity contribution in [2.75, 3.05) is 4.72 Å². The molecule has 2 rings (SSSR count). The molecule has 0 aromatic carbocycles. The molecule has 0 spiro atoms. The molecule has 6 nitrogen and oxygen atoms in total. The van der Waals surface area contributed by atoms with Gasteiger partial charge in [-0.2, -0.15) is 0 Å². The molecule has 2 heterocycles. The van der Waals surface area contributed by atoms with E-state index in [1.807, 2.05) is 13.0 Å². The Labute approximate surface area is 126 Å². The maximum atomic E-state index is 12.2. The summed E-state index contributed by atoms with van der Waals surface area (Å²) in [6.45, 7) is 3.63. The summed E-state index contributed by atoms with van der Waals surface area (Å²) in [5.41, 5.74) is 1.61. The van der Waals surface area contributed by atoms with Gasteiger partial charge in [0, 0.05) is 10.6 Å². The summed E-state index contributed by atoms with van der Waals surface area (Å²) in [4.78, 5) is 15.2. The van der Waals surface area contributed by atoms with Crippen molar-refractivity contribution < 1.29 is 18.3 Å². The quantitative estimate of drug-likeness (QED) is 0.878. The lowest BCUT2D eigenvalue weighted by molar-refractivity contribution is -0.136. The largest absolute Gasteiger partial charge is 0.481 e. The van der Waals surface area contributed by atoms with Crippen LogP contribution in [0, 0.1) is 13.8 Å². The molecule has 112 valence electrons.